The van der Waals surface area contributed by atoms with Gasteiger partial charge in [-0.25, -0.2) is 9.78 Å². The zero-order valence-corrected chi connectivity index (χ0v) is 12.7. The van der Waals surface area contributed by atoms with Crippen molar-refractivity contribution in [1.29, 1.82) is 0 Å². The number of nitrogens with zero attached hydrogens (tertiary/aromatic N) is 2. The Labute approximate surface area is 121 Å². The van der Waals surface area contributed by atoms with Crippen molar-refractivity contribution in [2.75, 3.05) is 18.4 Å². The minimum Gasteiger partial charge on any atom is -0.481 e. The number of aryl methyl sites for hydroxylation is 2. The summed E-state index contributed by atoms with van der Waals surface area (Å²) >= 11 is 1.45. The minimum atomic E-state index is -0.788. The van der Waals surface area contributed by atoms with Crippen LogP contribution in [0.3, 0.4) is 0 Å². The highest BCUT2D eigenvalue weighted by Crippen LogP contribution is 2.31. The maximum Gasteiger partial charge on any atom is 0.323 e. The van der Waals surface area contributed by atoms with Gasteiger partial charge in [-0.3, -0.25) is 10.1 Å². The second-order valence-corrected chi connectivity index (χ2v) is 6.65. The monoisotopic (exact) mass is 297 g/mol. The van der Waals surface area contributed by atoms with Gasteiger partial charge in [0, 0.05) is 18.0 Å². The zero-order chi connectivity index (χ0) is 14.9. The summed E-state index contributed by atoms with van der Waals surface area (Å²) in [6.45, 7) is 6.51. The van der Waals surface area contributed by atoms with Gasteiger partial charge in [0.15, 0.2) is 5.13 Å². The molecule has 2 N–H and O–H groups in total. The second kappa shape index (κ2) is 5.40. The number of likely N-dealkylation sites (tertiary alicyclic amines) is 1. The predicted molar refractivity (Wildman–Crippen MR) is 77.2 cm³/mol. The van der Waals surface area contributed by atoms with Gasteiger partial charge in [-0.05, 0) is 33.6 Å². The Bertz CT molecular complexity index is 513. The first-order valence-corrected chi connectivity index (χ1v) is 7.37. The first-order valence-electron chi connectivity index (χ1n) is 6.55. The van der Waals surface area contributed by atoms with Gasteiger partial charge in [-0.1, -0.05) is 0 Å². The number of piperidine rings is 1. The van der Waals surface area contributed by atoms with E-state index in [1.807, 2.05) is 13.8 Å². The van der Waals surface area contributed by atoms with Gasteiger partial charge in [-0.15, -0.1) is 11.3 Å². The maximum absolute atomic E-state index is 12.1. The van der Waals surface area contributed by atoms with Crippen LogP contribution in [-0.2, 0) is 4.79 Å². The number of aliphatic carboxylic acids is 1. The van der Waals surface area contributed by atoms with Crippen LogP contribution < -0.4 is 5.32 Å². The molecular weight excluding hydrogens is 278 g/mol. The molecule has 0 saturated carbocycles. The van der Waals surface area contributed by atoms with Crippen LogP contribution in [0.15, 0.2) is 0 Å². The van der Waals surface area contributed by atoms with Crippen LogP contribution in [0.1, 0.15) is 30.3 Å². The third-order valence-corrected chi connectivity index (χ3v) is 4.90. The largest absolute Gasteiger partial charge is 0.481 e. The van der Waals surface area contributed by atoms with Gasteiger partial charge < -0.3 is 10.0 Å². The Morgan fingerprint density at radius 3 is 2.40 bits per heavy atom. The predicted octanol–water partition coefficient (Wildman–Crippen LogP) is 2.48. The molecular formula is C13H19N3O3S. The number of carboxylic acid groups (broad SMARTS) is 1. The molecule has 20 heavy (non-hydrogen) atoms. The van der Waals surface area contributed by atoms with E-state index in [1.165, 1.54) is 11.3 Å². The number of urea groups is 1. The molecule has 1 saturated heterocycles. The fourth-order valence-electron chi connectivity index (χ4n) is 2.11. The van der Waals surface area contributed by atoms with E-state index in [-0.39, 0.29) is 6.03 Å². The lowest BCUT2D eigenvalue weighted by molar-refractivity contribution is -0.150. The molecule has 2 amide bonds. The van der Waals surface area contributed by atoms with Gasteiger partial charge in [0.05, 0.1) is 11.1 Å². The Hall–Kier alpha value is -1.63. The molecule has 1 aliphatic heterocycles. The first-order chi connectivity index (χ1) is 9.32. The number of hydrogen-bond donors (Lipinski definition) is 2. The third kappa shape index (κ3) is 2.92. The summed E-state index contributed by atoms with van der Waals surface area (Å²) in [5, 5.41) is 12.5. The maximum atomic E-state index is 12.1. The van der Waals surface area contributed by atoms with Crippen molar-refractivity contribution < 1.29 is 14.7 Å². The summed E-state index contributed by atoms with van der Waals surface area (Å²) in [7, 11) is 0. The normalized spacial score (nSPS) is 17.9. The number of carbonyl (C=O) groups is 2. The lowest BCUT2D eigenvalue weighted by atomic mass is 9.80. The smallest absolute Gasteiger partial charge is 0.323 e. The van der Waals surface area contributed by atoms with Crippen LogP contribution in [0, 0.1) is 19.3 Å². The number of carbonyl (C=O) groups excluding carboxylic acids is 1. The molecule has 0 unspecified atom stereocenters. The molecule has 0 bridgehead atoms. The highest BCUT2D eigenvalue weighted by atomic mass is 32.1. The second-order valence-electron chi connectivity index (χ2n) is 5.44. The Kier molecular flexibility index (Phi) is 3.99. The average molecular weight is 297 g/mol. The van der Waals surface area contributed by atoms with Crippen LogP contribution in [-0.4, -0.2) is 40.1 Å². The van der Waals surface area contributed by atoms with Gasteiger partial charge in [-0.2, -0.15) is 0 Å². The number of hydrogen-bond acceptors (Lipinski definition) is 4. The van der Waals surface area contributed by atoms with Crippen molar-refractivity contribution in [2.45, 2.75) is 33.6 Å². The van der Waals surface area contributed by atoms with E-state index in [1.54, 1.807) is 11.8 Å². The van der Waals surface area contributed by atoms with Crippen molar-refractivity contribution in [1.82, 2.24) is 9.88 Å². The van der Waals surface area contributed by atoms with Crippen LogP contribution in [0.5, 0.6) is 0 Å². The summed E-state index contributed by atoms with van der Waals surface area (Å²) < 4.78 is 0. The Morgan fingerprint density at radius 1 is 1.35 bits per heavy atom. The van der Waals surface area contributed by atoms with E-state index < -0.39 is 11.4 Å². The SMILES string of the molecule is Cc1nc(NC(=O)N2CCC(C)(C(=O)O)CC2)sc1C. The van der Waals surface area contributed by atoms with Crippen LogP contribution in [0.4, 0.5) is 9.93 Å². The number of amides is 2. The third-order valence-electron chi connectivity index (χ3n) is 3.91. The van der Waals surface area contributed by atoms with E-state index in [0.717, 1.165) is 10.6 Å². The number of aromatic nitrogens is 1. The number of nitrogens with one attached hydrogen (secondary N) is 1. The average Bonchev–Trinajstić information content (AvgIpc) is 2.68. The summed E-state index contributed by atoms with van der Waals surface area (Å²) in [6, 6.07) is -0.203. The Balaban J connectivity index is 1.94. The minimum absolute atomic E-state index is 0.203. The molecule has 7 heteroatoms. The molecule has 0 spiro atoms. The lowest BCUT2D eigenvalue weighted by Gasteiger charge is -2.36. The fourth-order valence-corrected chi connectivity index (χ4v) is 2.92. The topological polar surface area (TPSA) is 82.5 Å². The van der Waals surface area contributed by atoms with E-state index in [2.05, 4.69) is 10.3 Å². The Morgan fingerprint density at radius 2 is 1.95 bits per heavy atom. The molecule has 0 radical (unpaired) electrons. The zero-order valence-electron chi connectivity index (χ0n) is 11.9. The number of carboxylic acids is 1. The fraction of sp³-hybridized carbons (Fsp3) is 0.615. The number of anilines is 1. The lowest BCUT2D eigenvalue weighted by Crippen LogP contribution is -2.46. The van der Waals surface area contributed by atoms with Gasteiger partial charge in [0.25, 0.3) is 0 Å². The van der Waals surface area contributed by atoms with Gasteiger partial charge in [0.1, 0.15) is 0 Å². The van der Waals surface area contributed by atoms with Crippen molar-refractivity contribution in [2.24, 2.45) is 5.41 Å². The van der Waals surface area contributed by atoms with Crippen molar-refractivity contribution in [3.8, 4) is 0 Å². The highest BCUT2D eigenvalue weighted by Gasteiger charge is 2.38. The van der Waals surface area contributed by atoms with E-state index in [9.17, 15) is 9.59 Å². The molecule has 1 aromatic heterocycles. The van der Waals surface area contributed by atoms with Crippen LogP contribution in [0.2, 0.25) is 0 Å². The molecule has 6 nitrogen and oxygen atoms in total. The van der Waals surface area contributed by atoms with Crippen LogP contribution >= 0.6 is 11.3 Å². The summed E-state index contributed by atoms with van der Waals surface area (Å²) in [5.74, 6) is -0.788. The van der Waals surface area contributed by atoms with Crippen molar-refractivity contribution >= 4 is 28.5 Å². The van der Waals surface area contributed by atoms with Gasteiger partial charge in [0.2, 0.25) is 0 Å². The molecule has 1 aliphatic rings. The van der Waals surface area contributed by atoms with Crippen LogP contribution in [0.25, 0.3) is 0 Å². The molecule has 2 rings (SSSR count). The van der Waals surface area contributed by atoms with E-state index in [0.29, 0.717) is 31.1 Å². The molecule has 110 valence electrons. The highest BCUT2D eigenvalue weighted by molar-refractivity contribution is 7.15. The molecule has 0 aromatic carbocycles. The molecule has 0 aliphatic carbocycles. The van der Waals surface area contributed by atoms with E-state index in [4.69, 9.17) is 5.11 Å². The van der Waals surface area contributed by atoms with Gasteiger partial charge >= 0.3 is 12.0 Å². The first kappa shape index (κ1) is 14.8. The summed E-state index contributed by atoms with van der Waals surface area (Å²) in [6.07, 6.45) is 0.956. The molecule has 1 aromatic rings. The molecule has 0 atom stereocenters. The van der Waals surface area contributed by atoms with Crippen molar-refractivity contribution in [3.63, 3.8) is 0 Å². The molecule has 1 fully saturated rings. The quantitative estimate of drug-likeness (QED) is 0.878. The number of rotatable bonds is 2. The van der Waals surface area contributed by atoms with E-state index >= 15 is 0 Å². The standard InChI is InChI=1S/C13H19N3O3S/c1-8-9(2)20-11(14-8)15-12(19)16-6-4-13(3,5-7-16)10(17)18/h4-7H2,1-3H3,(H,17,18)(H,14,15,19). The molecule has 2 heterocycles. The number of thiazole rings is 1. The summed E-state index contributed by atoms with van der Waals surface area (Å²) in [5.41, 5.74) is 0.202. The van der Waals surface area contributed by atoms with Crippen molar-refractivity contribution in [3.05, 3.63) is 10.6 Å². The summed E-state index contributed by atoms with van der Waals surface area (Å²) in [4.78, 5) is 30.3.